The van der Waals surface area contributed by atoms with E-state index in [1.54, 1.807) is 0 Å². The molecule has 1 rings (SSSR count). The number of rotatable bonds is 7. The van der Waals surface area contributed by atoms with Gasteiger partial charge in [-0.1, -0.05) is 11.6 Å². The fraction of sp³-hybridized carbons (Fsp3) is 0.417. The Morgan fingerprint density at radius 1 is 1.55 bits per heavy atom. The molecule has 1 aromatic rings. The fourth-order valence-corrected chi connectivity index (χ4v) is 3.06. The summed E-state index contributed by atoms with van der Waals surface area (Å²) in [4.78, 5) is -0.153. The number of aliphatic hydroxyl groups is 1. The lowest BCUT2D eigenvalue weighted by molar-refractivity contribution is 0.0603. The van der Waals surface area contributed by atoms with Crippen LogP contribution >= 0.6 is 11.6 Å². The van der Waals surface area contributed by atoms with Gasteiger partial charge in [-0.05, 0) is 24.6 Å². The van der Waals surface area contributed by atoms with Crippen LogP contribution in [0.5, 0.6) is 0 Å². The molecule has 0 radical (unpaired) electrons. The van der Waals surface area contributed by atoms with E-state index in [2.05, 4.69) is 4.72 Å². The number of ether oxygens (including phenoxy) is 1. The van der Waals surface area contributed by atoms with E-state index < -0.39 is 16.1 Å². The zero-order chi connectivity index (χ0) is 15.2. The van der Waals surface area contributed by atoms with Crippen LogP contribution in [0.25, 0.3) is 0 Å². The Bertz CT molecular complexity index is 598. The number of nitriles is 1. The average Bonchev–Trinajstić information content (AvgIpc) is 2.39. The molecule has 0 saturated carbocycles. The van der Waals surface area contributed by atoms with Crippen LogP contribution in [0.2, 0.25) is 5.02 Å². The number of nitrogens with one attached hydrogen (secondary N) is 1. The smallest absolute Gasteiger partial charge is 0.242 e. The van der Waals surface area contributed by atoms with Crippen molar-refractivity contribution in [2.45, 2.75) is 17.4 Å². The average molecular weight is 319 g/mol. The minimum atomic E-state index is -3.82. The van der Waals surface area contributed by atoms with E-state index in [0.717, 1.165) is 0 Å². The van der Waals surface area contributed by atoms with Crippen molar-refractivity contribution in [2.75, 3.05) is 20.3 Å². The van der Waals surface area contributed by atoms with E-state index in [1.807, 2.05) is 6.07 Å². The summed E-state index contributed by atoms with van der Waals surface area (Å²) in [6.45, 7) is 0.173. The summed E-state index contributed by atoms with van der Waals surface area (Å²) < 4.78 is 31.1. The van der Waals surface area contributed by atoms with Gasteiger partial charge in [-0.25, -0.2) is 13.1 Å². The maximum absolute atomic E-state index is 12.0. The Labute approximate surface area is 123 Å². The topological polar surface area (TPSA) is 99.4 Å². The molecule has 0 aromatic heterocycles. The Morgan fingerprint density at radius 3 is 2.85 bits per heavy atom. The van der Waals surface area contributed by atoms with Gasteiger partial charge in [0, 0.05) is 13.7 Å². The van der Waals surface area contributed by atoms with Crippen molar-refractivity contribution >= 4 is 21.6 Å². The molecule has 110 valence electrons. The van der Waals surface area contributed by atoms with Gasteiger partial charge in [0.15, 0.2) is 0 Å². The van der Waals surface area contributed by atoms with E-state index in [9.17, 15) is 13.5 Å². The van der Waals surface area contributed by atoms with E-state index in [1.165, 1.54) is 25.3 Å². The second-order valence-electron chi connectivity index (χ2n) is 4.05. The molecule has 0 aliphatic rings. The quantitative estimate of drug-likeness (QED) is 0.777. The lowest BCUT2D eigenvalue weighted by atomic mass is 10.2. The maximum Gasteiger partial charge on any atom is 0.242 e. The third-order valence-corrected chi connectivity index (χ3v) is 4.42. The van der Waals surface area contributed by atoms with E-state index in [-0.39, 0.29) is 35.1 Å². The van der Waals surface area contributed by atoms with Gasteiger partial charge in [-0.2, -0.15) is 5.26 Å². The van der Waals surface area contributed by atoms with Gasteiger partial charge in [0.25, 0.3) is 0 Å². The summed E-state index contributed by atoms with van der Waals surface area (Å²) in [7, 11) is -2.37. The second-order valence-corrected chi connectivity index (χ2v) is 6.20. The Morgan fingerprint density at radius 2 is 2.25 bits per heavy atom. The van der Waals surface area contributed by atoms with Crippen molar-refractivity contribution in [3.63, 3.8) is 0 Å². The van der Waals surface area contributed by atoms with Crippen molar-refractivity contribution in [1.29, 1.82) is 5.26 Å². The molecule has 0 aliphatic heterocycles. The van der Waals surface area contributed by atoms with E-state index in [4.69, 9.17) is 21.6 Å². The highest BCUT2D eigenvalue weighted by atomic mass is 35.5. The first-order valence-corrected chi connectivity index (χ1v) is 7.63. The molecule has 1 unspecified atom stereocenters. The van der Waals surface area contributed by atoms with Crippen LogP contribution in [0, 0.1) is 11.3 Å². The molecule has 20 heavy (non-hydrogen) atoms. The molecule has 0 aliphatic carbocycles. The van der Waals surface area contributed by atoms with Crippen LogP contribution in [0.3, 0.4) is 0 Å². The first-order chi connectivity index (χ1) is 9.40. The van der Waals surface area contributed by atoms with Crippen molar-refractivity contribution in [1.82, 2.24) is 4.72 Å². The third kappa shape index (κ3) is 4.74. The first kappa shape index (κ1) is 16.9. The van der Waals surface area contributed by atoms with Gasteiger partial charge in [0.05, 0.1) is 29.4 Å². The third-order valence-electron chi connectivity index (χ3n) is 2.48. The summed E-state index contributed by atoms with van der Waals surface area (Å²) in [5.41, 5.74) is 0.203. The highest BCUT2D eigenvalue weighted by Crippen LogP contribution is 2.22. The molecular weight excluding hydrogens is 304 g/mol. The molecule has 1 aromatic carbocycles. The normalized spacial score (nSPS) is 12.9. The largest absolute Gasteiger partial charge is 0.391 e. The molecule has 0 amide bonds. The minimum absolute atomic E-state index is 0.0361. The highest BCUT2D eigenvalue weighted by Gasteiger charge is 2.18. The molecule has 8 heteroatoms. The fourth-order valence-electron chi connectivity index (χ4n) is 1.49. The van der Waals surface area contributed by atoms with E-state index >= 15 is 0 Å². The number of hydrogen-bond donors (Lipinski definition) is 2. The molecule has 6 nitrogen and oxygen atoms in total. The molecule has 2 N–H and O–H groups in total. The van der Waals surface area contributed by atoms with Crippen molar-refractivity contribution < 1.29 is 18.3 Å². The monoisotopic (exact) mass is 318 g/mol. The minimum Gasteiger partial charge on any atom is -0.391 e. The molecule has 0 spiro atoms. The van der Waals surface area contributed by atoms with Crippen LogP contribution in [0.1, 0.15) is 12.0 Å². The number of sulfonamides is 1. The number of methoxy groups -OCH3 is 1. The molecule has 0 saturated heterocycles. The lowest BCUT2D eigenvalue weighted by Gasteiger charge is -2.11. The number of aliphatic hydroxyl groups excluding tert-OH is 1. The van der Waals surface area contributed by atoms with Crippen molar-refractivity contribution in [2.24, 2.45) is 0 Å². The summed E-state index contributed by atoms with van der Waals surface area (Å²) in [6.07, 6.45) is -0.536. The van der Waals surface area contributed by atoms with Crippen LogP contribution < -0.4 is 4.72 Å². The van der Waals surface area contributed by atoms with Gasteiger partial charge in [0.1, 0.15) is 4.90 Å². The van der Waals surface area contributed by atoms with Crippen LogP contribution in [-0.4, -0.2) is 39.9 Å². The van der Waals surface area contributed by atoms with Gasteiger partial charge in [-0.3, -0.25) is 0 Å². The lowest BCUT2D eigenvalue weighted by Crippen LogP contribution is -2.28. The molecule has 0 bridgehead atoms. The Hall–Kier alpha value is -1.17. The summed E-state index contributed by atoms with van der Waals surface area (Å²) in [5.74, 6) is 0. The van der Waals surface area contributed by atoms with Crippen LogP contribution in [0.4, 0.5) is 0 Å². The molecule has 0 fully saturated rings. The highest BCUT2D eigenvalue weighted by molar-refractivity contribution is 7.89. The number of nitrogens with zero attached hydrogens (tertiary/aromatic N) is 1. The Balaban J connectivity index is 2.77. The number of benzene rings is 1. The molecule has 0 heterocycles. The summed E-state index contributed by atoms with van der Waals surface area (Å²) in [5, 5.41) is 18.2. The standard InChI is InChI=1S/C12H15ClN2O4S/c1-19-8-10(16)4-5-15-20(17,18)12-6-9(7-14)2-3-11(12)13/h2-3,6,10,15-16H,4-5,8H2,1H3. The molecular formula is C12H15ClN2O4S. The summed E-state index contributed by atoms with van der Waals surface area (Å²) in [6, 6.07) is 5.84. The Kier molecular flexibility index (Phi) is 6.39. The number of halogens is 1. The van der Waals surface area contributed by atoms with Gasteiger partial charge < -0.3 is 9.84 Å². The van der Waals surface area contributed by atoms with E-state index in [0.29, 0.717) is 0 Å². The van der Waals surface area contributed by atoms with Gasteiger partial charge in [-0.15, -0.1) is 0 Å². The van der Waals surface area contributed by atoms with Gasteiger partial charge >= 0.3 is 0 Å². The number of hydrogen-bond acceptors (Lipinski definition) is 5. The molecule has 1 atom stereocenters. The van der Waals surface area contributed by atoms with Crippen molar-refractivity contribution in [3.8, 4) is 6.07 Å². The maximum atomic E-state index is 12.0. The zero-order valence-corrected chi connectivity index (χ0v) is 12.4. The SMILES string of the molecule is COCC(O)CCNS(=O)(=O)c1cc(C#N)ccc1Cl. The van der Waals surface area contributed by atoms with Gasteiger partial charge in [0.2, 0.25) is 10.0 Å². The van der Waals surface area contributed by atoms with Crippen molar-refractivity contribution in [3.05, 3.63) is 28.8 Å². The first-order valence-electron chi connectivity index (χ1n) is 5.77. The summed E-state index contributed by atoms with van der Waals surface area (Å²) >= 11 is 5.83. The van der Waals surface area contributed by atoms with Crippen LogP contribution in [0.15, 0.2) is 23.1 Å². The second kappa shape index (κ2) is 7.57. The predicted molar refractivity (Wildman–Crippen MR) is 73.9 cm³/mol. The zero-order valence-electron chi connectivity index (χ0n) is 10.8. The van der Waals surface area contributed by atoms with Crippen LogP contribution in [-0.2, 0) is 14.8 Å². The predicted octanol–water partition coefficient (Wildman–Crippen LogP) is 0.887.